The summed E-state index contributed by atoms with van der Waals surface area (Å²) in [7, 11) is 0. The minimum Gasteiger partial charge on any atom is -0.411 e. The number of thioether (sulfide) groups is 1. The van der Waals surface area contributed by atoms with Crippen LogP contribution in [-0.4, -0.2) is 32.3 Å². The first-order valence-electron chi connectivity index (χ1n) is 8.08. The van der Waals surface area contributed by atoms with Gasteiger partial charge in [-0.3, -0.25) is 14.9 Å². The molecule has 1 aliphatic rings. The zero-order valence-electron chi connectivity index (χ0n) is 13.7. The van der Waals surface area contributed by atoms with Gasteiger partial charge in [0, 0.05) is 23.7 Å². The molecule has 1 atom stereocenters. The summed E-state index contributed by atoms with van der Waals surface area (Å²) in [5.41, 5.74) is 0.422. The van der Waals surface area contributed by atoms with Gasteiger partial charge in [-0.2, -0.15) is 0 Å². The molecule has 2 aromatic rings. The van der Waals surface area contributed by atoms with Crippen LogP contribution in [0.5, 0.6) is 0 Å². The van der Waals surface area contributed by atoms with Crippen LogP contribution in [0.15, 0.2) is 33.9 Å². The lowest BCUT2D eigenvalue weighted by molar-refractivity contribution is -0.384. The maximum atomic E-state index is 12.2. The standard InChI is InChI=1S/C16H18N4O4S/c1-10(14(21)17-12-6-2-3-7-12)25-16-19-18-15(24-16)11-5-4-8-13(9-11)20(22)23/h4-5,8-10,12H,2-3,6-7H2,1H3,(H,17,21)/t10-/m1/s1. The summed E-state index contributed by atoms with van der Waals surface area (Å²) in [5, 5.41) is 21.6. The van der Waals surface area contributed by atoms with E-state index in [1.165, 1.54) is 23.9 Å². The highest BCUT2D eigenvalue weighted by Gasteiger charge is 2.23. The van der Waals surface area contributed by atoms with Gasteiger partial charge < -0.3 is 9.73 Å². The van der Waals surface area contributed by atoms with Gasteiger partial charge in [0.15, 0.2) is 0 Å². The Morgan fingerprint density at radius 3 is 2.88 bits per heavy atom. The smallest absolute Gasteiger partial charge is 0.277 e. The summed E-state index contributed by atoms with van der Waals surface area (Å²) in [6.07, 6.45) is 4.37. The van der Waals surface area contributed by atoms with Crippen LogP contribution in [0.1, 0.15) is 32.6 Å². The molecule has 1 heterocycles. The van der Waals surface area contributed by atoms with Gasteiger partial charge in [0.2, 0.25) is 11.8 Å². The zero-order valence-corrected chi connectivity index (χ0v) is 14.5. The molecular weight excluding hydrogens is 344 g/mol. The van der Waals surface area contributed by atoms with E-state index >= 15 is 0 Å². The zero-order chi connectivity index (χ0) is 17.8. The first-order chi connectivity index (χ1) is 12.0. The van der Waals surface area contributed by atoms with Crippen molar-refractivity contribution >= 4 is 23.4 Å². The molecule has 0 saturated heterocycles. The summed E-state index contributed by atoms with van der Waals surface area (Å²) < 4.78 is 5.53. The number of hydrogen-bond acceptors (Lipinski definition) is 7. The Bertz CT molecular complexity index is 773. The highest BCUT2D eigenvalue weighted by atomic mass is 32.2. The van der Waals surface area contributed by atoms with Crippen molar-refractivity contribution < 1.29 is 14.1 Å². The Labute approximate surface area is 148 Å². The van der Waals surface area contributed by atoms with Gasteiger partial charge in [0.05, 0.1) is 10.2 Å². The van der Waals surface area contributed by atoms with Crippen molar-refractivity contribution in [1.29, 1.82) is 0 Å². The third-order valence-electron chi connectivity index (χ3n) is 4.06. The fourth-order valence-corrected chi connectivity index (χ4v) is 3.41. The van der Waals surface area contributed by atoms with Crippen LogP contribution in [0.4, 0.5) is 5.69 Å². The van der Waals surface area contributed by atoms with E-state index < -0.39 is 4.92 Å². The molecule has 1 amide bonds. The van der Waals surface area contributed by atoms with Crippen molar-refractivity contribution in [3.8, 4) is 11.5 Å². The lowest BCUT2D eigenvalue weighted by Gasteiger charge is -2.14. The fraction of sp³-hybridized carbons (Fsp3) is 0.438. The number of amides is 1. The summed E-state index contributed by atoms with van der Waals surface area (Å²) in [4.78, 5) is 22.6. The molecule has 3 rings (SSSR count). The fourth-order valence-electron chi connectivity index (χ4n) is 2.72. The lowest BCUT2D eigenvalue weighted by atomic mass is 10.2. The predicted octanol–water partition coefficient (Wildman–Crippen LogP) is 3.18. The van der Waals surface area contributed by atoms with Crippen LogP contribution >= 0.6 is 11.8 Å². The Hall–Kier alpha value is -2.42. The topological polar surface area (TPSA) is 111 Å². The third kappa shape index (κ3) is 4.36. The van der Waals surface area contributed by atoms with Crippen LogP contribution < -0.4 is 5.32 Å². The number of carbonyl (C=O) groups is 1. The summed E-state index contributed by atoms with van der Waals surface area (Å²) in [6.45, 7) is 1.78. The molecule has 1 fully saturated rings. The number of rotatable bonds is 6. The number of nitro benzene ring substituents is 1. The van der Waals surface area contributed by atoms with Gasteiger partial charge in [-0.1, -0.05) is 30.7 Å². The Morgan fingerprint density at radius 1 is 1.40 bits per heavy atom. The third-order valence-corrected chi connectivity index (χ3v) is 4.99. The average molecular weight is 362 g/mol. The van der Waals surface area contributed by atoms with Gasteiger partial charge in [-0.15, -0.1) is 10.2 Å². The number of nitrogens with one attached hydrogen (secondary N) is 1. The van der Waals surface area contributed by atoms with Crippen LogP contribution in [0, 0.1) is 10.1 Å². The van der Waals surface area contributed by atoms with Crippen LogP contribution in [0.3, 0.4) is 0 Å². The van der Waals surface area contributed by atoms with E-state index in [-0.39, 0.29) is 34.0 Å². The summed E-state index contributed by atoms with van der Waals surface area (Å²) in [6, 6.07) is 6.25. The molecule has 1 aromatic carbocycles. The summed E-state index contributed by atoms with van der Waals surface area (Å²) in [5.74, 6) is 0.140. The van der Waals surface area contributed by atoms with E-state index in [1.54, 1.807) is 19.1 Å². The second kappa shape index (κ2) is 7.64. The first-order valence-corrected chi connectivity index (χ1v) is 8.96. The molecule has 9 heteroatoms. The van der Waals surface area contributed by atoms with Gasteiger partial charge in [-0.25, -0.2) is 0 Å². The molecule has 132 valence electrons. The normalized spacial score (nSPS) is 15.9. The van der Waals surface area contributed by atoms with Crippen LogP contribution in [0.25, 0.3) is 11.5 Å². The van der Waals surface area contributed by atoms with E-state index in [0.29, 0.717) is 5.56 Å². The molecule has 0 unspecified atom stereocenters. The average Bonchev–Trinajstić information content (AvgIpc) is 3.27. The monoisotopic (exact) mass is 362 g/mol. The van der Waals surface area contributed by atoms with Crippen molar-refractivity contribution in [3.63, 3.8) is 0 Å². The number of benzene rings is 1. The van der Waals surface area contributed by atoms with Gasteiger partial charge in [-0.05, 0) is 25.8 Å². The number of aromatic nitrogens is 2. The molecule has 0 spiro atoms. The maximum Gasteiger partial charge on any atom is 0.277 e. The molecule has 0 aliphatic heterocycles. The van der Waals surface area contributed by atoms with E-state index in [0.717, 1.165) is 25.7 Å². The van der Waals surface area contributed by atoms with Crippen molar-refractivity contribution in [2.24, 2.45) is 0 Å². The predicted molar refractivity (Wildman–Crippen MR) is 92.1 cm³/mol. The molecule has 25 heavy (non-hydrogen) atoms. The van der Waals surface area contributed by atoms with E-state index in [1.807, 2.05) is 0 Å². The number of nitro groups is 1. The summed E-state index contributed by atoms with van der Waals surface area (Å²) >= 11 is 1.17. The number of non-ortho nitro benzene ring substituents is 1. The Morgan fingerprint density at radius 2 is 2.16 bits per heavy atom. The molecule has 0 radical (unpaired) electrons. The van der Waals surface area contributed by atoms with Crippen molar-refractivity contribution in [1.82, 2.24) is 15.5 Å². The highest BCUT2D eigenvalue weighted by molar-refractivity contribution is 8.00. The number of nitrogens with zero attached hydrogens (tertiary/aromatic N) is 3. The first kappa shape index (κ1) is 17.4. The number of hydrogen-bond donors (Lipinski definition) is 1. The van der Waals surface area contributed by atoms with Crippen molar-refractivity contribution in [2.45, 2.75) is 49.1 Å². The molecule has 0 bridgehead atoms. The SMILES string of the molecule is C[C@@H](Sc1nnc(-c2cccc([N+](=O)[O-])c2)o1)C(=O)NC1CCCC1. The maximum absolute atomic E-state index is 12.2. The largest absolute Gasteiger partial charge is 0.411 e. The second-order valence-corrected chi connectivity index (χ2v) is 7.22. The Kier molecular flexibility index (Phi) is 5.32. The van der Waals surface area contributed by atoms with Gasteiger partial charge >= 0.3 is 0 Å². The molecule has 1 aliphatic carbocycles. The minimum absolute atomic E-state index is 0.0470. The molecule has 1 N–H and O–H groups in total. The Balaban J connectivity index is 1.64. The highest BCUT2D eigenvalue weighted by Crippen LogP contribution is 2.28. The van der Waals surface area contributed by atoms with Crippen molar-refractivity contribution in [2.75, 3.05) is 0 Å². The molecule has 1 saturated carbocycles. The van der Waals surface area contributed by atoms with Crippen molar-refractivity contribution in [3.05, 3.63) is 34.4 Å². The van der Waals surface area contributed by atoms with Crippen LogP contribution in [0.2, 0.25) is 0 Å². The molecule has 1 aromatic heterocycles. The van der Waals surface area contributed by atoms with E-state index in [9.17, 15) is 14.9 Å². The quantitative estimate of drug-likeness (QED) is 0.477. The lowest BCUT2D eigenvalue weighted by Crippen LogP contribution is -2.37. The van der Waals surface area contributed by atoms with Crippen LogP contribution in [-0.2, 0) is 4.79 Å². The molecule has 8 nitrogen and oxygen atoms in total. The van der Waals surface area contributed by atoms with Gasteiger partial charge in [0.1, 0.15) is 0 Å². The van der Waals surface area contributed by atoms with E-state index in [4.69, 9.17) is 4.42 Å². The number of carbonyl (C=O) groups excluding carboxylic acids is 1. The minimum atomic E-state index is -0.481. The second-order valence-electron chi connectivity index (χ2n) is 5.93. The van der Waals surface area contributed by atoms with Gasteiger partial charge in [0.25, 0.3) is 10.9 Å². The molecular formula is C16H18N4O4S. The van der Waals surface area contributed by atoms with E-state index in [2.05, 4.69) is 15.5 Å².